The van der Waals surface area contributed by atoms with E-state index in [1.807, 2.05) is 5.32 Å². The zero-order valence-electron chi connectivity index (χ0n) is 17.6. The molecule has 2 unspecified atom stereocenters. The number of hydrogen-bond donors (Lipinski definition) is 3. The van der Waals surface area contributed by atoms with Crippen molar-refractivity contribution in [2.45, 2.75) is 31.7 Å². The summed E-state index contributed by atoms with van der Waals surface area (Å²) in [6.07, 6.45) is -4.55. The molecule has 14 heteroatoms. The predicted molar refractivity (Wildman–Crippen MR) is 106 cm³/mol. The topological polar surface area (TPSA) is 138 Å². The van der Waals surface area contributed by atoms with Crippen molar-refractivity contribution in [1.29, 1.82) is 0 Å². The number of rotatable bonds is 7. The molecule has 0 saturated carbocycles. The molecular formula is C19H20F3N7O4. The van der Waals surface area contributed by atoms with Crippen LogP contribution in [0.5, 0.6) is 0 Å². The van der Waals surface area contributed by atoms with Gasteiger partial charge in [0.1, 0.15) is 17.6 Å². The quantitative estimate of drug-likeness (QED) is 0.482. The molecule has 3 heterocycles. The minimum Gasteiger partial charge on any atom is -0.382 e. The summed E-state index contributed by atoms with van der Waals surface area (Å²) < 4.78 is 48.9. The van der Waals surface area contributed by atoms with Crippen LogP contribution in [0.25, 0.3) is 11.0 Å². The molecule has 2 aromatic heterocycles. The first-order valence-corrected chi connectivity index (χ1v) is 9.86. The number of carbonyl (C=O) groups is 2. The van der Waals surface area contributed by atoms with E-state index in [1.54, 1.807) is 25.1 Å². The van der Waals surface area contributed by atoms with Gasteiger partial charge in [0.25, 0.3) is 5.91 Å². The molecule has 2 atom stereocenters. The van der Waals surface area contributed by atoms with Crippen LogP contribution in [0.2, 0.25) is 0 Å². The summed E-state index contributed by atoms with van der Waals surface area (Å²) >= 11 is 0. The Bertz CT molecular complexity index is 1180. The molecule has 11 nitrogen and oxygen atoms in total. The van der Waals surface area contributed by atoms with E-state index in [-0.39, 0.29) is 18.8 Å². The zero-order chi connectivity index (χ0) is 23.8. The van der Waals surface area contributed by atoms with Gasteiger partial charge in [0.15, 0.2) is 5.69 Å². The highest BCUT2D eigenvalue weighted by atomic mass is 19.4. The van der Waals surface area contributed by atoms with Crippen molar-refractivity contribution in [3.05, 3.63) is 41.0 Å². The van der Waals surface area contributed by atoms with Crippen LogP contribution in [0, 0.1) is 6.92 Å². The van der Waals surface area contributed by atoms with Gasteiger partial charge in [-0.3, -0.25) is 4.79 Å². The third kappa shape index (κ3) is 4.60. The first-order chi connectivity index (χ1) is 15.7. The third-order valence-electron chi connectivity index (χ3n) is 5.26. The molecule has 33 heavy (non-hydrogen) atoms. The highest BCUT2D eigenvalue weighted by Crippen LogP contribution is 2.31. The average Bonchev–Trinajstić information content (AvgIpc) is 3.47. The van der Waals surface area contributed by atoms with Gasteiger partial charge in [0.2, 0.25) is 0 Å². The zero-order valence-corrected chi connectivity index (χ0v) is 17.6. The Morgan fingerprint density at radius 1 is 1.39 bits per heavy atom. The van der Waals surface area contributed by atoms with Crippen LogP contribution in [-0.2, 0) is 11.3 Å². The number of ether oxygens (including phenoxy) is 1. The smallest absolute Gasteiger partial charge is 0.382 e. The van der Waals surface area contributed by atoms with Gasteiger partial charge in [-0.1, -0.05) is 11.2 Å². The lowest BCUT2D eigenvalue weighted by Gasteiger charge is -2.27. The number of hydrogen-bond acceptors (Lipinski definition) is 7. The van der Waals surface area contributed by atoms with Gasteiger partial charge in [-0.25, -0.2) is 14.4 Å². The number of aryl methyl sites for hydroxylation is 1. The number of urea groups is 1. The lowest BCUT2D eigenvalue weighted by Crippen LogP contribution is -2.40. The Labute approximate surface area is 184 Å². The van der Waals surface area contributed by atoms with E-state index >= 15 is 0 Å². The molecule has 1 aliphatic rings. The standard InChI is InChI=1S/C19H20F3N7O4/c1-9-16(28-33-27-9)17(30)23-6-15-24-11-4-3-10(5-12(11)25-15)13(8-32-2)29-7-14(19(20,21)22)26-18(29)31/h3-5,13-14H,6-8H2,1-2H3,(H,23,30)(H,24,25)(H,26,31). The predicted octanol–water partition coefficient (Wildman–Crippen LogP) is 1.83. The fourth-order valence-electron chi connectivity index (χ4n) is 3.59. The van der Waals surface area contributed by atoms with Crippen LogP contribution in [0.3, 0.4) is 0 Å². The van der Waals surface area contributed by atoms with Crippen LogP contribution < -0.4 is 10.6 Å². The van der Waals surface area contributed by atoms with E-state index in [1.165, 1.54) is 7.11 Å². The SMILES string of the molecule is COCC(c1ccc2nc(CNC(=O)c3nonc3C)[nH]c2c1)N1CC(C(F)(F)F)NC1=O. The summed E-state index contributed by atoms with van der Waals surface area (Å²) in [4.78, 5) is 32.9. The molecule has 176 valence electrons. The molecule has 1 aromatic carbocycles. The number of carbonyl (C=O) groups excluding carboxylic acids is 2. The van der Waals surface area contributed by atoms with Crippen molar-refractivity contribution in [3.63, 3.8) is 0 Å². The maximum absolute atomic E-state index is 13.1. The molecule has 0 bridgehead atoms. The van der Waals surface area contributed by atoms with Crippen LogP contribution in [0.15, 0.2) is 22.8 Å². The monoisotopic (exact) mass is 467 g/mol. The third-order valence-corrected chi connectivity index (χ3v) is 5.26. The minimum atomic E-state index is -4.55. The normalized spacial score (nSPS) is 17.4. The van der Waals surface area contributed by atoms with Crippen LogP contribution in [0.1, 0.15) is 33.6 Å². The van der Waals surface area contributed by atoms with Gasteiger partial charge in [-0.2, -0.15) is 13.2 Å². The molecule has 0 aliphatic carbocycles. The van der Waals surface area contributed by atoms with Crippen molar-refractivity contribution in [3.8, 4) is 0 Å². The summed E-state index contributed by atoms with van der Waals surface area (Å²) in [6, 6.07) is 1.55. The van der Waals surface area contributed by atoms with Gasteiger partial charge < -0.3 is 25.3 Å². The second kappa shape index (κ2) is 8.69. The summed E-state index contributed by atoms with van der Waals surface area (Å²) in [5, 5.41) is 11.7. The maximum atomic E-state index is 13.1. The molecule has 4 rings (SSSR count). The van der Waals surface area contributed by atoms with Crippen LogP contribution in [0.4, 0.5) is 18.0 Å². The minimum absolute atomic E-state index is 0.00560. The molecule has 0 spiro atoms. The lowest BCUT2D eigenvalue weighted by atomic mass is 10.1. The fraction of sp³-hybridized carbons (Fsp3) is 0.421. The van der Waals surface area contributed by atoms with Crippen molar-refractivity contribution in [2.75, 3.05) is 20.3 Å². The summed E-state index contributed by atoms with van der Waals surface area (Å²) in [7, 11) is 1.41. The number of halogens is 3. The van der Waals surface area contributed by atoms with Gasteiger partial charge in [0, 0.05) is 7.11 Å². The first kappa shape index (κ1) is 22.5. The number of methoxy groups -OCH3 is 1. The lowest BCUT2D eigenvalue weighted by molar-refractivity contribution is -0.150. The van der Waals surface area contributed by atoms with E-state index in [9.17, 15) is 22.8 Å². The number of benzene rings is 1. The molecule has 3 N–H and O–H groups in total. The number of aromatic nitrogens is 4. The van der Waals surface area contributed by atoms with E-state index in [0.717, 1.165) is 4.90 Å². The number of aromatic amines is 1. The Hall–Kier alpha value is -3.68. The number of fused-ring (bicyclic) bond motifs is 1. The van der Waals surface area contributed by atoms with Crippen molar-refractivity contribution >= 4 is 23.0 Å². The van der Waals surface area contributed by atoms with Crippen molar-refractivity contribution < 1.29 is 32.1 Å². The van der Waals surface area contributed by atoms with E-state index in [4.69, 9.17) is 4.74 Å². The average molecular weight is 467 g/mol. The molecule has 0 radical (unpaired) electrons. The van der Waals surface area contributed by atoms with Crippen LogP contribution >= 0.6 is 0 Å². The largest absolute Gasteiger partial charge is 0.410 e. The second-order valence-electron chi connectivity index (χ2n) is 7.51. The Morgan fingerprint density at radius 2 is 2.18 bits per heavy atom. The number of nitrogens with zero attached hydrogens (tertiary/aromatic N) is 4. The highest BCUT2D eigenvalue weighted by Gasteiger charge is 2.48. The fourth-order valence-corrected chi connectivity index (χ4v) is 3.59. The number of imidazole rings is 1. The molecule has 1 aliphatic heterocycles. The Kier molecular flexibility index (Phi) is 5.93. The summed E-state index contributed by atoms with van der Waals surface area (Å²) in [6.45, 7) is 1.14. The number of H-pyrrole nitrogens is 1. The molecular weight excluding hydrogens is 447 g/mol. The van der Waals surface area contributed by atoms with Crippen LogP contribution in [-0.4, -0.2) is 69.6 Å². The van der Waals surface area contributed by atoms with Crippen molar-refractivity contribution in [1.82, 2.24) is 35.8 Å². The first-order valence-electron chi connectivity index (χ1n) is 9.86. The van der Waals surface area contributed by atoms with E-state index in [2.05, 4.69) is 30.2 Å². The number of nitrogens with one attached hydrogen (secondary N) is 3. The number of amides is 3. The van der Waals surface area contributed by atoms with E-state index in [0.29, 0.717) is 28.1 Å². The van der Waals surface area contributed by atoms with Crippen molar-refractivity contribution in [2.24, 2.45) is 0 Å². The highest BCUT2D eigenvalue weighted by molar-refractivity contribution is 5.92. The second-order valence-corrected chi connectivity index (χ2v) is 7.51. The van der Waals surface area contributed by atoms with Gasteiger partial charge in [-0.05, 0) is 29.8 Å². The van der Waals surface area contributed by atoms with Gasteiger partial charge in [-0.15, -0.1) is 0 Å². The number of alkyl halides is 3. The molecule has 3 amide bonds. The summed E-state index contributed by atoms with van der Waals surface area (Å²) in [5.74, 6) is -0.0294. The molecule has 3 aromatic rings. The Balaban J connectivity index is 1.52. The molecule has 1 fully saturated rings. The molecule has 1 saturated heterocycles. The maximum Gasteiger partial charge on any atom is 0.410 e. The summed E-state index contributed by atoms with van der Waals surface area (Å²) in [5.41, 5.74) is 2.16. The van der Waals surface area contributed by atoms with Gasteiger partial charge in [0.05, 0.1) is 36.8 Å². The van der Waals surface area contributed by atoms with Gasteiger partial charge >= 0.3 is 12.2 Å². The van der Waals surface area contributed by atoms with E-state index < -0.39 is 36.7 Å². The Morgan fingerprint density at radius 3 is 2.82 bits per heavy atom.